The number of hydrogen-bond donors (Lipinski definition) is 4. The molecule has 4 N–H and O–H groups in total. The van der Waals surface area contributed by atoms with Gasteiger partial charge in [0.25, 0.3) is 10.1 Å². The first kappa shape index (κ1) is 19.8. The second-order valence-corrected chi connectivity index (χ2v) is 4.46. The van der Waals surface area contributed by atoms with Crippen LogP contribution in [0.4, 0.5) is 4.39 Å². The Kier molecular flexibility index (Phi) is 10.8. The number of aliphatic hydroxyl groups excluding tert-OH is 2. The lowest BCUT2D eigenvalue weighted by molar-refractivity contribution is 0.0697. The second-order valence-electron chi connectivity index (χ2n) is 2.99. The lowest BCUT2D eigenvalue weighted by Gasteiger charge is -1.90. The Morgan fingerprint density at radius 1 is 1.16 bits per heavy atom. The quantitative estimate of drug-likeness (QED) is 0.565. The first-order chi connectivity index (χ1) is 8.61. The zero-order valence-corrected chi connectivity index (χ0v) is 10.8. The van der Waals surface area contributed by atoms with Gasteiger partial charge in [-0.3, -0.25) is 4.55 Å². The average Bonchev–Trinajstić information content (AvgIpc) is 2.28. The number of aliphatic hydroxyl groups is 2. The van der Waals surface area contributed by atoms with Gasteiger partial charge in [0.15, 0.2) is 0 Å². The lowest BCUT2D eigenvalue weighted by atomic mass is 10.2. The summed E-state index contributed by atoms with van der Waals surface area (Å²) in [6.07, 6.45) is 0.715. The summed E-state index contributed by atoms with van der Waals surface area (Å²) in [6.45, 7) is -0.250. The van der Waals surface area contributed by atoms with E-state index in [-0.39, 0.29) is 18.8 Å². The van der Waals surface area contributed by atoms with E-state index in [1.54, 1.807) is 0 Å². The summed E-state index contributed by atoms with van der Waals surface area (Å²) in [5, 5.41) is 23.6. The van der Waals surface area contributed by atoms with Crippen LogP contribution in [0, 0.1) is 5.82 Å². The predicted molar refractivity (Wildman–Crippen MR) is 65.0 cm³/mol. The van der Waals surface area contributed by atoms with Crippen molar-refractivity contribution in [3.63, 3.8) is 0 Å². The van der Waals surface area contributed by atoms with Crippen molar-refractivity contribution < 1.29 is 37.5 Å². The molecule has 0 spiro atoms. The maximum Gasteiger partial charge on any atom is 0.335 e. The molecule has 0 aliphatic rings. The third-order valence-corrected chi connectivity index (χ3v) is 1.19. The minimum Gasteiger partial charge on any atom is -0.478 e. The Balaban J connectivity index is 0. The maximum atomic E-state index is 12.2. The van der Waals surface area contributed by atoms with Crippen LogP contribution in [0.1, 0.15) is 10.4 Å². The summed E-state index contributed by atoms with van der Waals surface area (Å²) in [5.41, 5.74) is 0.0985. The molecule has 1 rings (SSSR count). The Bertz CT molecular complexity index is 445. The van der Waals surface area contributed by atoms with Crippen LogP contribution in [0.2, 0.25) is 0 Å². The van der Waals surface area contributed by atoms with E-state index in [1.165, 1.54) is 12.1 Å². The molecule has 0 aliphatic heterocycles. The van der Waals surface area contributed by atoms with Crippen molar-refractivity contribution >= 4 is 16.1 Å². The molecule has 0 saturated carbocycles. The van der Waals surface area contributed by atoms with Gasteiger partial charge in [-0.1, -0.05) is 0 Å². The van der Waals surface area contributed by atoms with Gasteiger partial charge in [-0.15, -0.1) is 0 Å². The smallest absolute Gasteiger partial charge is 0.335 e. The van der Waals surface area contributed by atoms with Gasteiger partial charge < -0.3 is 15.3 Å². The number of rotatable bonds is 2. The number of aromatic carboxylic acids is 1. The largest absolute Gasteiger partial charge is 0.478 e. The molecule has 0 heterocycles. The first-order valence-corrected chi connectivity index (χ1v) is 6.59. The SMILES string of the molecule is CS(=O)(=O)O.O=C(O)c1ccc(F)cc1.OCCO. The number of hydrogen-bond acceptors (Lipinski definition) is 5. The summed E-state index contributed by atoms with van der Waals surface area (Å²) < 4.78 is 38.0. The third-order valence-electron chi connectivity index (χ3n) is 1.19. The molecule has 9 heteroatoms. The Morgan fingerprint density at radius 3 is 1.68 bits per heavy atom. The normalized spacial score (nSPS) is 9.53. The van der Waals surface area contributed by atoms with E-state index in [4.69, 9.17) is 19.9 Å². The van der Waals surface area contributed by atoms with Crippen molar-refractivity contribution in [1.82, 2.24) is 0 Å². The molecule has 0 aliphatic carbocycles. The highest BCUT2D eigenvalue weighted by atomic mass is 32.2. The zero-order chi connectivity index (χ0) is 15.5. The Hall–Kier alpha value is -1.55. The van der Waals surface area contributed by atoms with Crippen molar-refractivity contribution in [2.24, 2.45) is 0 Å². The highest BCUT2D eigenvalue weighted by Gasteiger charge is 1.99. The minimum absolute atomic E-state index is 0.0985. The van der Waals surface area contributed by atoms with Gasteiger partial charge in [0, 0.05) is 0 Å². The van der Waals surface area contributed by atoms with Gasteiger partial charge in [-0.05, 0) is 24.3 Å². The number of carbonyl (C=O) groups is 1. The van der Waals surface area contributed by atoms with Crippen LogP contribution in [-0.2, 0) is 10.1 Å². The molecule has 110 valence electrons. The molecule has 0 amide bonds. The van der Waals surface area contributed by atoms with E-state index in [9.17, 15) is 17.6 Å². The fourth-order valence-corrected chi connectivity index (χ4v) is 0.592. The fourth-order valence-electron chi connectivity index (χ4n) is 0.592. The van der Waals surface area contributed by atoms with E-state index >= 15 is 0 Å². The summed E-state index contributed by atoms with van der Waals surface area (Å²) >= 11 is 0. The summed E-state index contributed by atoms with van der Waals surface area (Å²) in [4.78, 5) is 10.2. The summed E-state index contributed by atoms with van der Waals surface area (Å²) in [7, 11) is -3.67. The van der Waals surface area contributed by atoms with E-state index in [1.807, 2.05) is 0 Å². The van der Waals surface area contributed by atoms with Crippen molar-refractivity contribution in [3.05, 3.63) is 35.6 Å². The topological polar surface area (TPSA) is 132 Å². The predicted octanol–water partition coefficient (Wildman–Crippen LogP) is -0.00110. The van der Waals surface area contributed by atoms with Gasteiger partial charge >= 0.3 is 5.97 Å². The van der Waals surface area contributed by atoms with Crippen molar-refractivity contribution in [2.75, 3.05) is 19.5 Å². The van der Waals surface area contributed by atoms with Crippen LogP contribution in [0.25, 0.3) is 0 Å². The molecule has 0 aromatic heterocycles. The van der Waals surface area contributed by atoms with E-state index in [0.29, 0.717) is 6.26 Å². The monoisotopic (exact) mass is 298 g/mol. The molecule has 7 nitrogen and oxygen atoms in total. The van der Waals surface area contributed by atoms with Gasteiger partial charge in [0.1, 0.15) is 5.82 Å². The molecule has 0 fully saturated rings. The zero-order valence-electron chi connectivity index (χ0n) is 10.0. The molecule has 1 aromatic carbocycles. The summed E-state index contributed by atoms with van der Waals surface area (Å²) in [5.74, 6) is -1.47. The van der Waals surface area contributed by atoms with Gasteiger partial charge in [0.2, 0.25) is 0 Å². The highest BCUT2D eigenvalue weighted by molar-refractivity contribution is 7.85. The number of benzene rings is 1. The fraction of sp³-hybridized carbons (Fsp3) is 0.300. The molecule has 1 aromatic rings. The summed E-state index contributed by atoms with van der Waals surface area (Å²) in [6, 6.07) is 4.67. The van der Waals surface area contributed by atoms with Crippen molar-refractivity contribution in [1.29, 1.82) is 0 Å². The number of halogens is 1. The number of carboxylic acids is 1. The van der Waals surface area contributed by atoms with Crippen LogP contribution in [0.3, 0.4) is 0 Å². The van der Waals surface area contributed by atoms with Gasteiger partial charge in [-0.25, -0.2) is 9.18 Å². The van der Waals surface area contributed by atoms with Crippen LogP contribution in [-0.4, -0.2) is 53.7 Å². The standard InChI is InChI=1S/C7H5FO2.C2H6O2.CH4O3S/c8-6-3-1-5(2-4-6)7(9)10;3-1-2-4;1-5(2,3)4/h1-4H,(H,9,10);3-4H,1-2H2;1H3,(H,2,3,4). The molecular formula is C10H15FO7S. The van der Waals surface area contributed by atoms with E-state index in [0.717, 1.165) is 12.1 Å². The van der Waals surface area contributed by atoms with Crippen LogP contribution < -0.4 is 0 Å². The molecule has 0 unspecified atom stereocenters. The molecule has 0 saturated heterocycles. The van der Waals surface area contributed by atoms with Crippen molar-refractivity contribution in [3.8, 4) is 0 Å². The van der Waals surface area contributed by atoms with Gasteiger partial charge in [0.05, 0.1) is 25.0 Å². The molecule has 0 bridgehead atoms. The lowest BCUT2D eigenvalue weighted by Crippen LogP contribution is -1.94. The molecule has 0 radical (unpaired) electrons. The Labute approximate surface area is 109 Å². The van der Waals surface area contributed by atoms with E-state index < -0.39 is 21.9 Å². The van der Waals surface area contributed by atoms with Crippen LogP contribution in [0.5, 0.6) is 0 Å². The minimum atomic E-state index is -3.67. The maximum absolute atomic E-state index is 12.2. The second kappa shape index (κ2) is 10.4. The van der Waals surface area contributed by atoms with Gasteiger partial charge in [-0.2, -0.15) is 8.42 Å². The highest BCUT2D eigenvalue weighted by Crippen LogP contribution is 2.01. The van der Waals surface area contributed by atoms with E-state index in [2.05, 4.69) is 0 Å². The van der Waals surface area contributed by atoms with Crippen LogP contribution in [0.15, 0.2) is 24.3 Å². The average molecular weight is 298 g/mol. The third kappa shape index (κ3) is 19.0. The molecular weight excluding hydrogens is 283 g/mol. The Morgan fingerprint density at radius 2 is 1.47 bits per heavy atom. The molecule has 0 atom stereocenters. The molecule has 19 heavy (non-hydrogen) atoms. The van der Waals surface area contributed by atoms with Crippen molar-refractivity contribution in [2.45, 2.75) is 0 Å². The van der Waals surface area contributed by atoms with Crippen LogP contribution >= 0.6 is 0 Å². The number of carboxylic acid groups (broad SMARTS) is 1. The first-order valence-electron chi connectivity index (χ1n) is 4.74.